The van der Waals surface area contributed by atoms with Crippen LogP contribution >= 0.6 is 0 Å². The summed E-state index contributed by atoms with van der Waals surface area (Å²) in [4.78, 5) is 0. The molecule has 0 unspecified atom stereocenters. The van der Waals surface area contributed by atoms with Crippen molar-refractivity contribution in [2.45, 2.75) is 19.1 Å². The monoisotopic (exact) mass is 285 g/mol. The van der Waals surface area contributed by atoms with Gasteiger partial charge in [0.2, 0.25) is 0 Å². The van der Waals surface area contributed by atoms with Crippen LogP contribution in [0.2, 0.25) is 0 Å². The average molecular weight is 285 g/mol. The first kappa shape index (κ1) is 15.7. The number of ether oxygens (including phenoxy) is 1. The SMILES string of the molecule is COC[C@@H](O)CN[C@H](c1ccccc1)c1ccc(C)cc1. The standard InChI is InChI=1S/C18H23NO2/c1-14-8-10-16(11-9-14)18(15-6-4-3-5-7-15)19-12-17(20)13-21-2/h3-11,17-20H,12-13H2,1-2H3/t17-,18+/m0/s1. The predicted octanol–water partition coefficient (Wildman–Crippen LogP) is 2.68. The Bertz CT molecular complexity index is 525. The highest BCUT2D eigenvalue weighted by Gasteiger charge is 2.15. The molecule has 0 spiro atoms. The van der Waals surface area contributed by atoms with Crippen molar-refractivity contribution >= 4 is 0 Å². The molecule has 2 atom stereocenters. The summed E-state index contributed by atoms with van der Waals surface area (Å²) < 4.78 is 4.97. The third-order valence-corrected chi connectivity index (χ3v) is 3.46. The maximum absolute atomic E-state index is 9.85. The van der Waals surface area contributed by atoms with Gasteiger partial charge in [0.15, 0.2) is 0 Å². The minimum Gasteiger partial charge on any atom is -0.389 e. The third-order valence-electron chi connectivity index (χ3n) is 3.46. The molecule has 21 heavy (non-hydrogen) atoms. The molecule has 2 N–H and O–H groups in total. The fourth-order valence-corrected chi connectivity index (χ4v) is 2.34. The van der Waals surface area contributed by atoms with Gasteiger partial charge in [-0.3, -0.25) is 0 Å². The fourth-order valence-electron chi connectivity index (χ4n) is 2.34. The first-order valence-corrected chi connectivity index (χ1v) is 7.22. The second-order valence-corrected chi connectivity index (χ2v) is 5.27. The van der Waals surface area contributed by atoms with E-state index >= 15 is 0 Å². The van der Waals surface area contributed by atoms with Crippen LogP contribution in [0.1, 0.15) is 22.7 Å². The molecule has 0 radical (unpaired) electrons. The number of hydrogen-bond donors (Lipinski definition) is 2. The topological polar surface area (TPSA) is 41.5 Å². The van der Waals surface area contributed by atoms with Gasteiger partial charge >= 0.3 is 0 Å². The number of rotatable bonds is 7. The van der Waals surface area contributed by atoms with Crippen molar-refractivity contribution in [3.8, 4) is 0 Å². The molecule has 0 heterocycles. The number of aliphatic hydroxyl groups excluding tert-OH is 1. The first-order chi connectivity index (χ1) is 10.2. The summed E-state index contributed by atoms with van der Waals surface area (Å²) in [5.41, 5.74) is 3.62. The summed E-state index contributed by atoms with van der Waals surface area (Å²) in [7, 11) is 1.60. The van der Waals surface area contributed by atoms with E-state index in [1.807, 2.05) is 18.2 Å². The minimum absolute atomic E-state index is 0.0679. The summed E-state index contributed by atoms with van der Waals surface area (Å²) in [5, 5.41) is 13.3. The molecule has 0 aliphatic heterocycles. The Labute approximate surface area is 126 Å². The highest BCUT2D eigenvalue weighted by molar-refractivity contribution is 5.33. The zero-order chi connectivity index (χ0) is 15.1. The summed E-state index contributed by atoms with van der Waals surface area (Å²) in [6, 6.07) is 18.8. The molecule has 3 heteroatoms. The lowest BCUT2D eigenvalue weighted by Crippen LogP contribution is -2.33. The summed E-state index contributed by atoms with van der Waals surface area (Å²) >= 11 is 0. The lowest BCUT2D eigenvalue weighted by molar-refractivity contribution is 0.0634. The second-order valence-electron chi connectivity index (χ2n) is 5.27. The molecular weight excluding hydrogens is 262 g/mol. The first-order valence-electron chi connectivity index (χ1n) is 7.22. The lowest BCUT2D eigenvalue weighted by Gasteiger charge is -2.22. The molecule has 0 amide bonds. The van der Waals surface area contributed by atoms with E-state index in [0.717, 1.165) is 0 Å². The number of nitrogens with one attached hydrogen (secondary N) is 1. The van der Waals surface area contributed by atoms with Crippen molar-refractivity contribution < 1.29 is 9.84 Å². The molecule has 0 fully saturated rings. The summed E-state index contributed by atoms with van der Waals surface area (Å²) in [5.74, 6) is 0. The molecule has 0 aromatic heterocycles. The Balaban J connectivity index is 2.16. The van der Waals surface area contributed by atoms with Gasteiger partial charge in [-0.1, -0.05) is 60.2 Å². The number of benzene rings is 2. The highest BCUT2D eigenvalue weighted by Crippen LogP contribution is 2.22. The normalized spacial score (nSPS) is 13.9. The predicted molar refractivity (Wildman–Crippen MR) is 85.3 cm³/mol. The van der Waals surface area contributed by atoms with Crippen LogP contribution in [0, 0.1) is 6.92 Å². The van der Waals surface area contributed by atoms with Gasteiger partial charge in [0, 0.05) is 13.7 Å². The van der Waals surface area contributed by atoms with Gasteiger partial charge in [-0.05, 0) is 18.1 Å². The van der Waals surface area contributed by atoms with Gasteiger partial charge in [0.05, 0.1) is 18.8 Å². The maximum atomic E-state index is 9.85. The molecule has 0 aliphatic carbocycles. The Morgan fingerprint density at radius 3 is 2.24 bits per heavy atom. The zero-order valence-corrected chi connectivity index (χ0v) is 12.6. The van der Waals surface area contributed by atoms with Crippen molar-refractivity contribution in [3.63, 3.8) is 0 Å². The Kier molecular flexibility index (Phi) is 5.93. The van der Waals surface area contributed by atoms with Gasteiger partial charge < -0.3 is 15.2 Å². The molecule has 2 rings (SSSR count). The Morgan fingerprint density at radius 2 is 1.62 bits per heavy atom. The molecular formula is C18H23NO2. The van der Waals surface area contributed by atoms with Crippen molar-refractivity contribution in [3.05, 3.63) is 71.3 Å². The van der Waals surface area contributed by atoms with Gasteiger partial charge in [-0.25, -0.2) is 0 Å². The number of aryl methyl sites for hydroxylation is 1. The molecule has 0 bridgehead atoms. The molecule has 0 saturated heterocycles. The van der Waals surface area contributed by atoms with Crippen LogP contribution in [0.4, 0.5) is 0 Å². The van der Waals surface area contributed by atoms with E-state index in [2.05, 4.69) is 48.6 Å². The van der Waals surface area contributed by atoms with Crippen LogP contribution in [-0.2, 0) is 4.74 Å². The number of hydrogen-bond acceptors (Lipinski definition) is 3. The largest absolute Gasteiger partial charge is 0.389 e. The number of aliphatic hydroxyl groups is 1. The maximum Gasteiger partial charge on any atom is 0.0897 e. The molecule has 2 aromatic rings. The van der Waals surface area contributed by atoms with E-state index in [4.69, 9.17) is 4.74 Å². The van der Waals surface area contributed by atoms with Gasteiger partial charge in [0.25, 0.3) is 0 Å². The highest BCUT2D eigenvalue weighted by atomic mass is 16.5. The smallest absolute Gasteiger partial charge is 0.0897 e. The van der Waals surface area contributed by atoms with Gasteiger partial charge in [0.1, 0.15) is 0 Å². The van der Waals surface area contributed by atoms with Crippen LogP contribution in [0.5, 0.6) is 0 Å². The third kappa shape index (κ3) is 4.67. The van der Waals surface area contributed by atoms with Crippen molar-refractivity contribution in [1.29, 1.82) is 0 Å². The van der Waals surface area contributed by atoms with E-state index in [0.29, 0.717) is 13.2 Å². The molecule has 3 nitrogen and oxygen atoms in total. The molecule has 2 aromatic carbocycles. The van der Waals surface area contributed by atoms with Gasteiger partial charge in [-0.2, -0.15) is 0 Å². The summed E-state index contributed by atoms with van der Waals surface area (Å²) in [6.45, 7) is 2.90. The van der Waals surface area contributed by atoms with E-state index < -0.39 is 6.10 Å². The lowest BCUT2D eigenvalue weighted by atomic mass is 9.97. The van der Waals surface area contributed by atoms with Crippen LogP contribution in [0.15, 0.2) is 54.6 Å². The van der Waals surface area contributed by atoms with Crippen molar-refractivity contribution in [2.24, 2.45) is 0 Å². The molecule has 112 valence electrons. The van der Waals surface area contributed by atoms with Crippen molar-refractivity contribution in [2.75, 3.05) is 20.3 Å². The number of methoxy groups -OCH3 is 1. The summed E-state index contributed by atoms with van der Waals surface area (Å²) in [6.07, 6.45) is -0.508. The second kappa shape index (κ2) is 7.93. The minimum atomic E-state index is -0.508. The van der Waals surface area contributed by atoms with Crippen LogP contribution in [0.25, 0.3) is 0 Å². The van der Waals surface area contributed by atoms with E-state index in [1.54, 1.807) is 7.11 Å². The van der Waals surface area contributed by atoms with Crippen molar-refractivity contribution in [1.82, 2.24) is 5.32 Å². The fraction of sp³-hybridized carbons (Fsp3) is 0.333. The van der Waals surface area contributed by atoms with Crippen LogP contribution in [-0.4, -0.2) is 31.5 Å². The van der Waals surface area contributed by atoms with Crippen LogP contribution in [0.3, 0.4) is 0 Å². The molecule has 0 aliphatic rings. The van der Waals surface area contributed by atoms with E-state index in [9.17, 15) is 5.11 Å². The van der Waals surface area contributed by atoms with Crippen LogP contribution < -0.4 is 5.32 Å². The molecule has 0 saturated carbocycles. The van der Waals surface area contributed by atoms with Gasteiger partial charge in [-0.15, -0.1) is 0 Å². The average Bonchev–Trinajstić information content (AvgIpc) is 2.50. The quantitative estimate of drug-likeness (QED) is 0.822. The van der Waals surface area contributed by atoms with E-state index in [-0.39, 0.29) is 6.04 Å². The van der Waals surface area contributed by atoms with E-state index in [1.165, 1.54) is 16.7 Å². The zero-order valence-electron chi connectivity index (χ0n) is 12.6. The Morgan fingerprint density at radius 1 is 1.00 bits per heavy atom. The Hall–Kier alpha value is -1.68.